The predicted octanol–water partition coefficient (Wildman–Crippen LogP) is 4.81. The molecular weight excluding hydrogens is 421 g/mol. The van der Waals surface area contributed by atoms with E-state index in [1.807, 2.05) is 0 Å². The lowest BCUT2D eigenvalue weighted by atomic mass is 9.95. The van der Waals surface area contributed by atoms with Gasteiger partial charge in [-0.3, -0.25) is 9.59 Å². The maximum absolute atomic E-state index is 13.1. The number of carbonyl (C=O) groups excluding carboxylic acids is 2. The highest BCUT2D eigenvalue weighted by molar-refractivity contribution is 7.12. The van der Waals surface area contributed by atoms with Gasteiger partial charge in [-0.25, -0.2) is 0 Å². The number of ether oxygens (including phenoxy) is 1. The number of hydrogen-bond acceptors (Lipinski definition) is 5. The molecule has 1 saturated heterocycles. The molecule has 28 heavy (non-hydrogen) atoms. The quantitative estimate of drug-likeness (QED) is 0.681. The molecule has 2 unspecified atom stereocenters. The molecule has 0 bridgehead atoms. The molecule has 1 aromatic heterocycles. The van der Waals surface area contributed by atoms with Crippen LogP contribution in [0.5, 0.6) is 0 Å². The molecule has 4 rings (SSSR count). The second kappa shape index (κ2) is 7.87. The van der Waals surface area contributed by atoms with Crippen molar-refractivity contribution in [3.8, 4) is 0 Å². The summed E-state index contributed by atoms with van der Waals surface area (Å²) in [6.07, 6.45) is 1.60. The lowest BCUT2D eigenvalue weighted by Gasteiger charge is -2.29. The van der Waals surface area contributed by atoms with Crippen molar-refractivity contribution in [2.75, 3.05) is 13.2 Å². The standard InChI is InChI=1S/C20H17Cl2NO4S/c21-11-5-6-13(14(22)9-11)17-16(18(24)15-4-2-8-28-15)19(25)20(26)23(17)10-12-3-1-7-27-12/h2,4-6,8-9,12,17,25H,1,3,7,10H2. The van der Waals surface area contributed by atoms with Crippen LogP contribution in [0, 0.1) is 0 Å². The summed E-state index contributed by atoms with van der Waals surface area (Å²) in [7, 11) is 0. The summed E-state index contributed by atoms with van der Waals surface area (Å²) in [5.41, 5.74) is 0.580. The van der Waals surface area contributed by atoms with E-state index in [1.165, 1.54) is 16.2 Å². The maximum atomic E-state index is 13.1. The number of ketones is 1. The molecule has 2 aliphatic heterocycles. The minimum atomic E-state index is -0.795. The smallest absolute Gasteiger partial charge is 0.290 e. The molecule has 2 aromatic rings. The molecule has 146 valence electrons. The number of hydrogen-bond donors (Lipinski definition) is 1. The van der Waals surface area contributed by atoms with Crippen LogP contribution >= 0.6 is 34.5 Å². The highest BCUT2D eigenvalue weighted by Crippen LogP contribution is 2.43. The molecule has 5 nitrogen and oxygen atoms in total. The van der Waals surface area contributed by atoms with Gasteiger partial charge < -0.3 is 14.7 Å². The number of Topliss-reactive ketones (excluding diaryl/α,β-unsaturated/α-hetero) is 1. The van der Waals surface area contributed by atoms with E-state index in [9.17, 15) is 14.7 Å². The van der Waals surface area contributed by atoms with E-state index in [-0.39, 0.29) is 24.0 Å². The van der Waals surface area contributed by atoms with E-state index in [0.29, 0.717) is 27.1 Å². The Hall–Kier alpha value is -1.86. The number of amides is 1. The van der Waals surface area contributed by atoms with Crippen molar-refractivity contribution in [3.63, 3.8) is 0 Å². The molecule has 2 atom stereocenters. The largest absolute Gasteiger partial charge is 0.503 e. The minimum Gasteiger partial charge on any atom is -0.503 e. The lowest BCUT2D eigenvalue weighted by Crippen LogP contribution is -2.37. The van der Waals surface area contributed by atoms with Crippen molar-refractivity contribution in [2.45, 2.75) is 25.0 Å². The van der Waals surface area contributed by atoms with Gasteiger partial charge in [0.1, 0.15) is 0 Å². The topological polar surface area (TPSA) is 66.8 Å². The van der Waals surface area contributed by atoms with Gasteiger partial charge in [-0.2, -0.15) is 0 Å². The number of nitrogens with zero attached hydrogens (tertiary/aromatic N) is 1. The van der Waals surface area contributed by atoms with Gasteiger partial charge in [-0.1, -0.05) is 35.3 Å². The Balaban J connectivity index is 1.79. The Labute approximate surface area is 176 Å². The Morgan fingerprint density at radius 3 is 2.79 bits per heavy atom. The molecule has 2 aliphatic rings. The summed E-state index contributed by atoms with van der Waals surface area (Å²) in [5.74, 6) is -1.51. The van der Waals surface area contributed by atoms with E-state index in [1.54, 1.807) is 35.7 Å². The normalized spacial score (nSPS) is 22.4. The second-order valence-electron chi connectivity index (χ2n) is 6.73. The zero-order valence-corrected chi connectivity index (χ0v) is 17.1. The predicted molar refractivity (Wildman–Crippen MR) is 108 cm³/mol. The summed E-state index contributed by atoms with van der Waals surface area (Å²) in [6.45, 7) is 0.910. The van der Waals surface area contributed by atoms with Gasteiger partial charge in [0.2, 0.25) is 5.78 Å². The van der Waals surface area contributed by atoms with Crippen molar-refractivity contribution in [3.05, 3.63) is 67.5 Å². The number of carbonyl (C=O) groups is 2. The van der Waals surface area contributed by atoms with E-state index in [0.717, 1.165) is 12.8 Å². The van der Waals surface area contributed by atoms with Gasteiger partial charge in [0.05, 0.1) is 22.6 Å². The maximum Gasteiger partial charge on any atom is 0.290 e. The molecule has 0 radical (unpaired) electrons. The van der Waals surface area contributed by atoms with Crippen molar-refractivity contribution in [2.24, 2.45) is 0 Å². The van der Waals surface area contributed by atoms with Crippen LogP contribution in [0.1, 0.15) is 34.1 Å². The van der Waals surface area contributed by atoms with Crippen LogP contribution in [0.2, 0.25) is 10.0 Å². The summed E-state index contributed by atoms with van der Waals surface area (Å²) in [6, 6.07) is 7.53. The first-order valence-corrected chi connectivity index (χ1v) is 10.5. The SMILES string of the molecule is O=C(C1=C(O)C(=O)N(CC2CCCO2)C1c1ccc(Cl)cc1Cl)c1cccs1. The van der Waals surface area contributed by atoms with Gasteiger partial charge in [0.25, 0.3) is 5.91 Å². The van der Waals surface area contributed by atoms with Crippen molar-refractivity contribution in [1.29, 1.82) is 0 Å². The summed E-state index contributed by atoms with van der Waals surface area (Å²) < 4.78 is 5.67. The van der Waals surface area contributed by atoms with Crippen LogP contribution in [-0.2, 0) is 9.53 Å². The molecule has 1 aromatic carbocycles. The Bertz CT molecular complexity index is 951. The highest BCUT2D eigenvalue weighted by Gasteiger charge is 2.45. The first-order valence-electron chi connectivity index (χ1n) is 8.86. The van der Waals surface area contributed by atoms with Gasteiger partial charge in [0, 0.05) is 23.2 Å². The van der Waals surface area contributed by atoms with Crippen molar-refractivity contribution < 1.29 is 19.4 Å². The van der Waals surface area contributed by atoms with Gasteiger partial charge in [-0.15, -0.1) is 11.3 Å². The molecule has 0 saturated carbocycles. The van der Waals surface area contributed by atoms with Gasteiger partial charge in [-0.05, 0) is 42.0 Å². The summed E-state index contributed by atoms with van der Waals surface area (Å²) >= 11 is 13.7. The number of thiophene rings is 1. The van der Waals surface area contributed by atoms with Crippen LogP contribution in [0.15, 0.2) is 47.0 Å². The highest BCUT2D eigenvalue weighted by atomic mass is 35.5. The number of aliphatic hydroxyl groups excluding tert-OH is 1. The molecule has 0 spiro atoms. The van der Waals surface area contributed by atoms with Crippen LogP contribution in [0.3, 0.4) is 0 Å². The number of aliphatic hydroxyl groups is 1. The molecular formula is C20H17Cl2NO4S. The monoisotopic (exact) mass is 437 g/mol. The van der Waals surface area contributed by atoms with Gasteiger partial charge >= 0.3 is 0 Å². The minimum absolute atomic E-state index is 0.0367. The fourth-order valence-electron chi connectivity index (χ4n) is 3.67. The molecule has 1 fully saturated rings. The fraction of sp³-hybridized carbons (Fsp3) is 0.300. The van der Waals surface area contributed by atoms with E-state index in [2.05, 4.69) is 0 Å². The third-order valence-corrected chi connectivity index (χ3v) is 6.41. The zero-order chi connectivity index (χ0) is 19.8. The van der Waals surface area contributed by atoms with Crippen LogP contribution < -0.4 is 0 Å². The molecule has 8 heteroatoms. The Morgan fingerprint density at radius 1 is 1.32 bits per heavy atom. The fourth-order valence-corrected chi connectivity index (χ4v) is 4.86. The zero-order valence-electron chi connectivity index (χ0n) is 14.7. The average Bonchev–Trinajstić information content (AvgIpc) is 3.40. The van der Waals surface area contributed by atoms with E-state index >= 15 is 0 Å². The van der Waals surface area contributed by atoms with Crippen molar-refractivity contribution >= 4 is 46.2 Å². The average molecular weight is 438 g/mol. The number of benzene rings is 1. The van der Waals surface area contributed by atoms with Crippen LogP contribution in [0.25, 0.3) is 0 Å². The van der Waals surface area contributed by atoms with Crippen molar-refractivity contribution in [1.82, 2.24) is 4.90 Å². The van der Waals surface area contributed by atoms with Crippen LogP contribution in [-0.4, -0.2) is 41.0 Å². The third-order valence-electron chi connectivity index (χ3n) is 4.97. The Morgan fingerprint density at radius 2 is 2.14 bits per heavy atom. The van der Waals surface area contributed by atoms with Crippen LogP contribution in [0.4, 0.5) is 0 Å². The first-order chi connectivity index (χ1) is 13.5. The number of rotatable bonds is 5. The Kier molecular flexibility index (Phi) is 5.47. The molecule has 1 N–H and O–H groups in total. The first kappa shape index (κ1) is 19.5. The second-order valence-corrected chi connectivity index (χ2v) is 8.52. The summed E-state index contributed by atoms with van der Waals surface area (Å²) in [5, 5.41) is 13.2. The summed E-state index contributed by atoms with van der Waals surface area (Å²) in [4.78, 5) is 27.9. The molecule has 3 heterocycles. The van der Waals surface area contributed by atoms with Gasteiger partial charge in [0.15, 0.2) is 5.76 Å². The number of halogens is 2. The third kappa shape index (κ3) is 3.46. The molecule has 1 amide bonds. The molecule has 0 aliphatic carbocycles. The van der Waals surface area contributed by atoms with E-state index < -0.39 is 17.7 Å². The lowest BCUT2D eigenvalue weighted by molar-refractivity contribution is -0.131. The van der Waals surface area contributed by atoms with E-state index in [4.69, 9.17) is 27.9 Å².